The number of hydrogen-bond acceptors (Lipinski definition) is 4. The van der Waals surface area contributed by atoms with E-state index in [2.05, 4.69) is 34.6 Å². The maximum absolute atomic E-state index is 12.8. The summed E-state index contributed by atoms with van der Waals surface area (Å²) in [6.07, 6.45) is 3.03. The fourth-order valence-electron chi connectivity index (χ4n) is 3.97. The molecule has 2 aromatic rings. The molecule has 0 unspecified atom stereocenters. The number of hydrogen-bond donors (Lipinski definition) is 2. The Bertz CT molecular complexity index is 791. The van der Waals surface area contributed by atoms with E-state index in [0.717, 1.165) is 63.2 Å². The van der Waals surface area contributed by atoms with Crippen LogP contribution in [0.4, 0.5) is 0 Å². The number of amides is 1. The molecule has 138 valence electrons. The van der Waals surface area contributed by atoms with Crippen LogP contribution in [-0.4, -0.2) is 59.9 Å². The molecule has 6 nitrogen and oxygen atoms in total. The SMILES string of the molecule is Cc1ccccc1-n1nc(C(=O)NCCN2CCNCC2)c2c1CCC2. The molecule has 2 aliphatic rings. The van der Waals surface area contributed by atoms with Crippen LogP contribution in [0, 0.1) is 6.92 Å². The molecule has 0 saturated carbocycles. The van der Waals surface area contributed by atoms with E-state index in [1.54, 1.807) is 0 Å². The Labute approximate surface area is 154 Å². The average Bonchev–Trinajstić information content (AvgIpc) is 3.26. The van der Waals surface area contributed by atoms with Crippen molar-refractivity contribution < 1.29 is 4.79 Å². The molecule has 1 aliphatic heterocycles. The highest BCUT2D eigenvalue weighted by molar-refractivity contribution is 5.94. The van der Waals surface area contributed by atoms with E-state index in [4.69, 9.17) is 5.10 Å². The third kappa shape index (κ3) is 3.39. The Morgan fingerprint density at radius 1 is 1.23 bits per heavy atom. The number of rotatable bonds is 5. The van der Waals surface area contributed by atoms with E-state index in [0.29, 0.717) is 12.2 Å². The largest absolute Gasteiger partial charge is 0.349 e. The highest BCUT2D eigenvalue weighted by Gasteiger charge is 2.27. The molecule has 0 atom stereocenters. The summed E-state index contributed by atoms with van der Waals surface area (Å²) in [4.78, 5) is 15.1. The number of nitrogens with one attached hydrogen (secondary N) is 2. The summed E-state index contributed by atoms with van der Waals surface area (Å²) in [6.45, 7) is 7.81. The normalized spacial score (nSPS) is 17.3. The van der Waals surface area contributed by atoms with Gasteiger partial charge in [-0.3, -0.25) is 9.69 Å². The molecule has 1 fully saturated rings. The minimum atomic E-state index is -0.0365. The molecule has 0 bridgehead atoms. The van der Waals surface area contributed by atoms with Crippen LogP contribution in [0.2, 0.25) is 0 Å². The van der Waals surface area contributed by atoms with Crippen LogP contribution >= 0.6 is 0 Å². The summed E-state index contributed by atoms with van der Waals surface area (Å²) >= 11 is 0. The van der Waals surface area contributed by atoms with Gasteiger partial charge in [0.1, 0.15) is 0 Å². The highest BCUT2D eigenvalue weighted by atomic mass is 16.2. The van der Waals surface area contributed by atoms with Gasteiger partial charge in [-0.1, -0.05) is 18.2 Å². The summed E-state index contributed by atoms with van der Waals surface area (Å²) in [7, 11) is 0. The second-order valence-corrected chi connectivity index (χ2v) is 7.17. The Hall–Kier alpha value is -2.18. The third-order valence-electron chi connectivity index (χ3n) is 5.41. The molecule has 2 heterocycles. The van der Waals surface area contributed by atoms with E-state index in [1.807, 2.05) is 16.8 Å². The van der Waals surface area contributed by atoms with Crippen molar-refractivity contribution in [2.45, 2.75) is 26.2 Å². The van der Waals surface area contributed by atoms with Crippen molar-refractivity contribution in [1.29, 1.82) is 0 Å². The molecule has 0 spiro atoms. The van der Waals surface area contributed by atoms with Crippen molar-refractivity contribution in [2.24, 2.45) is 0 Å². The average molecular weight is 353 g/mol. The van der Waals surface area contributed by atoms with E-state index >= 15 is 0 Å². The number of benzene rings is 1. The van der Waals surface area contributed by atoms with E-state index in [9.17, 15) is 4.79 Å². The van der Waals surface area contributed by atoms with Gasteiger partial charge < -0.3 is 10.6 Å². The standard InChI is InChI=1S/C20H27N5O/c1-15-5-2-3-7-17(15)25-18-8-4-6-16(18)19(23-25)20(26)22-11-14-24-12-9-21-10-13-24/h2-3,5,7,21H,4,6,8-14H2,1H3,(H,22,26). The van der Waals surface area contributed by atoms with Gasteiger partial charge in [-0.05, 0) is 37.8 Å². The number of nitrogens with zero attached hydrogens (tertiary/aromatic N) is 3. The first-order valence-electron chi connectivity index (χ1n) is 9.62. The van der Waals surface area contributed by atoms with Crippen molar-refractivity contribution in [1.82, 2.24) is 25.3 Å². The highest BCUT2D eigenvalue weighted by Crippen LogP contribution is 2.28. The quantitative estimate of drug-likeness (QED) is 0.851. The lowest BCUT2D eigenvalue weighted by Gasteiger charge is -2.27. The maximum Gasteiger partial charge on any atom is 0.272 e. The second-order valence-electron chi connectivity index (χ2n) is 7.17. The molecular weight excluding hydrogens is 326 g/mol. The zero-order valence-electron chi connectivity index (χ0n) is 15.4. The van der Waals surface area contributed by atoms with E-state index < -0.39 is 0 Å². The Kier molecular flexibility index (Phi) is 5.04. The molecule has 1 amide bonds. The summed E-state index contributed by atoms with van der Waals surface area (Å²) in [5.74, 6) is -0.0365. The molecule has 1 saturated heterocycles. The first-order chi connectivity index (χ1) is 12.7. The summed E-state index contributed by atoms with van der Waals surface area (Å²) in [5, 5.41) is 11.1. The number of carbonyl (C=O) groups is 1. The second kappa shape index (κ2) is 7.60. The topological polar surface area (TPSA) is 62.2 Å². The number of carbonyl (C=O) groups excluding carboxylic acids is 1. The number of fused-ring (bicyclic) bond motifs is 1. The van der Waals surface area contributed by atoms with Gasteiger partial charge in [0.05, 0.1) is 5.69 Å². The van der Waals surface area contributed by atoms with Gasteiger partial charge in [-0.25, -0.2) is 4.68 Å². The van der Waals surface area contributed by atoms with E-state index in [-0.39, 0.29) is 5.91 Å². The minimum absolute atomic E-state index is 0.0365. The minimum Gasteiger partial charge on any atom is -0.349 e. The molecule has 4 rings (SSSR count). The Morgan fingerprint density at radius 2 is 2.04 bits per heavy atom. The first kappa shape index (κ1) is 17.2. The predicted molar refractivity (Wildman–Crippen MR) is 102 cm³/mol. The van der Waals surface area contributed by atoms with Gasteiger partial charge in [0.15, 0.2) is 5.69 Å². The molecule has 6 heteroatoms. The maximum atomic E-state index is 12.8. The van der Waals surface area contributed by atoms with Crippen molar-refractivity contribution in [2.75, 3.05) is 39.3 Å². The molecule has 1 aromatic carbocycles. The van der Waals surface area contributed by atoms with Crippen molar-refractivity contribution in [3.05, 3.63) is 46.8 Å². The lowest BCUT2D eigenvalue weighted by atomic mass is 10.2. The lowest BCUT2D eigenvalue weighted by Crippen LogP contribution is -2.46. The number of aromatic nitrogens is 2. The lowest BCUT2D eigenvalue weighted by molar-refractivity contribution is 0.0941. The van der Waals surface area contributed by atoms with Crippen LogP contribution in [-0.2, 0) is 12.8 Å². The van der Waals surface area contributed by atoms with E-state index in [1.165, 1.54) is 11.3 Å². The summed E-state index contributed by atoms with van der Waals surface area (Å²) < 4.78 is 1.99. The van der Waals surface area contributed by atoms with Crippen LogP contribution in [0.1, 0.15) is 33.7 Å². The fourth-order valence-corrected chi connectivity index (χ4v) is 3.97. The van der Waals surface area contributed by atoms with Crippen LogP contribution in [0.3, 0.4) is 0 Å². The molecule has 26 heavy (non-hydrogen) atoms. The molecule has 1 aromatic heterocycles. The third-order valence-corrected chi connectivity index (χ3v) is 5.41. The Balaban J connectivity index is 1.49. The number of aryl methyl sites for hydroxylation is 1. The zero-order valence-corrected chi connectivity index (χ0v) is 15.4. The Morgan fingerprint density at radius 3 is 2.85 bits per heavy atom. The summed E-state index contributed by atoms with van der Waals surface area (Å²) in [5.41, 5.74) is 5.20. The van der Waals surface area contributed by atoms with Crippen LogP contribution in [0.25, 0.3) is 5.69 Å². The van der Waals surface area contributed by atoms with Gasteiger partial charge in [-0.15, -0.1) is 0 Å². The fraction of sp³-hybridized carbons (Fsp3) is 0.500. The van der Waals surface area contributed by atoms with Crippen LogP contribution in [0.15, 0.2) is 24.3 Å². The van der Waals surface area contributed by atoms with Gasteiger partial charge in [0, 0.05) is 50.5 Å². The van der Waals surface area contributed by atoms with Gasteiger partial charge >= 0.3 is 0 Å². The first-order valence-corrected chi connectivity index (χ1v) is 9.62. The molecular formula is C20H27N5O. The number of piperazine rings is 1. The van der Waals surface area contributed by atoms with Crippen molar-refractivity contribution in [3.63, 3.8) is 0 Å². The molecule has 0 radical (unpaired) electrons. The van der Waals surface area contributed by atoms with Gasteiger partial charge in [-0.2, -0.15) is 5.10 Å². The van der Waals surface area contributed by atoms with Crippen LogP contribution < -0.4 is 10.6 Å². The molecule has 1 aliphatic carbocycles. The van der Waals surface area contributed by atoms with Gasteiger partial charge in [0.2, 0.25) is 0 Å². The predicted octanol–water partition coefficient (Wildman–Crippen LogP) is 1.30. The zero-order chi connectivity index (χ0) is 17.9. The summed E-state index contributed by atoms with van der Waals surface area (Å²) in [6, 6.07) is 8.23. The number of para-hydroxylation sites is 1. The van der Waals surface area contributed by atoms with Crippen LogP contribution in [0.5, 0.6) is 0 Å². The van der Waals surface area contributed by atoms with Crippen molar-refractivity contribution >= 4 is 5.91 Å². The van der Waals surface area contributed by atoms with Gasteiger partial charge in [0.25, 0.3) is 5.91 Å². The van der Waals surface area contributed by atoms with Crippen molar-refractivity contribution in [3.8, 4) is 5.69 Å². The smallest absolute Gasteiger partial charge is 0.272 e. The monoisotopic (exact) mass is 353 g/mol. The molecule has 2 N–H and O–H groups in total.